The molecule has 22 heavy (non-hydrogen) atoms. The first kappa shape index (κ1) is 18.1. The van der Waals surface area contributed by atoms with Crippen molar-refractivity contribution in [3.63, 3.8) is 0 Å². The van der Waals surface area contributed by atoms with E-state index in [-0.39, 0.29) is 5.41 Å². The van der Waals surface area contributed by atoms with Crippen LogP contribution in [0, 0.1) is 5.92 Å². The molecule has 0 atom stereocenters. The van der Waals surface area contributed by atoms with Crippen molar-refractivity contribution in [2.75, 3.05) is 27.3 Å². The molecule has 1 aromatic carbocycles. The zero-order valence-electron chi connectivity index (χ0n) is 14.6. The molecule has 0 fully saturated rings. The van der Waals surface area contributed by atoms with Crippen LogP contribution in [-0.4, -0.2) is 33.3 Å². The minimum absolute atomic E-state index is 0.149. The molecule has 0 unspecified atom stereocenters. The molecule has 0 aliphatic heterocycles. The number of benzene rings is 1. The minimum Gasteiger partial charge on any atom is -0.493 e. The van der Waals surface area contributed by atoms with E-state index in [1.165, 1.54) is 0 Å². The molecule has 3 N–H and O–H groups in total. The average Bonchev–Trinajstić information content (AvgIpc) is 2.50. The van der Waals surface area contributed by atoms with E-state index >= 15 is 0 Å². The van der Waals surface area contributed by atoms with Gasteiger partial charge in [-0.2, -0.15) is 0 Å². The summed E-state index contributed by atoms with van der Waals surface area (Å²) in [5.41, 5.74) is 6.88. The van der Waals surface area contributed by atoms with Crippen LogP contribution in [0.4, 0.5) is 0 Å². The number of nitrogens with zero attached hydrogens (tertiary/aromatic N) is 1. The van der Waals surface area contributed by atoms with Crippen LogP contribution < -0.4 is 20.5 Å². The molecule has 0 aliphatic rings. The SMILES string of the molecule is COc1ccc(C(C)(C)CN=C(N)NCC(C)C)cc1OC. The molecule has 5 nitrogen and oxygen atoms in total. The van der Waals surface area contributed by atoms with Crippen molar-refractivity contribution in [1.29, 1.82) is 0 Å². The van der Waals surface area contributed by atoms with Crippen LogP contribution in [0.2, 0.25) is 0 Å². The molecular formula is C17H29N3O2. The molecule has 0 bridgehead atoms. The maximum Gasteiger partial charge on any atom is 0.188 e. The maximum absolute atomic E-state index is 5.90. The van der Waals surface area contributed by atoms with Gasteiger partial charge in [0.15, 0.2) is 17.5 Å². The average molecular weight is 307 g/mol. The number of guanidine groups is 1. The second-order valence-corrected chi connectivity index (χ2v) is 6.43. The third-order valence-electron chi connectivity index (χ3n) is 3.50. The summed E-state index contributed by atoms with van der Waals surface area (Å²) in [6.07, 6.45) is 0. The van der Waals surface area contributed by atoms with Gasteiger partial charge in [-0.15, -0.1) is 0 Å². The van der Waals surface area contributed by atoms with E-state index in [0.717, 1.165) is 23.6 Å². The van der Waals surface area contributed by atoms with Crippen molar-refractivity contribution >= 4 is 5.96 Å². The zero-order chi connectivity index (χ0) is 16.8. The van der Waals surface area contributed by atoms with Gasteiger partial charge in [0, 0.05) is 12.0 Å². The smallest absolute Gasteiger partial charge is 0.188 e. The lowest BCUT2D eigenvalue weighted by Crippen LogP contribution is -2.35. The van der Waals surface area contributed by atoms with Gasteiger partial charge in [-0.05, 0) is 23.6 Å². The predicted molar refractivity (Wildman–Crippen MR) is 91.9 cm³/mol. The lowest BCUT2D eigenvalue weighted by atomic mass is 9.84. The highest BCUT2D eigenvalue weighted by Gasteiger charge is 2.22. The lowest BCUT2D eigenvalue weighted by Gasteiger charge is -2.24. The van der Waals surface area contributed by atoms with Gasteiger partial charge in [-0.3, -0.25) is 4.99 Å². The second kappa shape index (κ2) is 7.92. The molecule has 5 heteroatoms. The third-order valence-corrected chi connectivity index (χ3v) is 3.50. The fourth-order valence-corrected chi connectivity index (χ4v) is 2.00. The van der Waals surface area contributed by atoms with Gasteiger partial charge < -0.3 is 20.5 Å². The molecule has 0 heterocycles. The Kier molecular flexibility index (Phi) is 6.53. The van der Waals surface area contributed by atoms with Crippen molar-refractivity contribution in [3.05, 3.63) is 23.8 Å². The number of hydrogen-bond donors (Lipinski definition) is 2. The Hall–Kier alpha value is -1.91. The van der Waals surface area contributed by atoms with Gasteiger partial charge in [-0.25, -0.2) is 0 Å². The quantitative estimate of drug-likeness (QED) is 0.600. The van der Waals surface area contributed by atoms with Crippen molar-refractivity contribution in [2.45, 2.75) is 33.1 Å². The molecule has 0 aromatic heterocycles. The summed E-state index contributed by atoms with van der Waals surface area (Å²) in [6, 6.07) is 5.95. The number of hydrogen-bond acceptors (Lipinski definition) is 3. The largest absolute Gasteiger partial charge is 0.493 e. The third kappa shape index (κ3) is 5.13. The first-order valence-corrected chi connectivity index (χ1v) is 7.56. The fourth-order valence-electron chi connectivity index (χ4n) is 2.00. The van der Waals surface area contributed by atoms with Gasteiger partial charge in [0.05, 0.1) is 20.8 Å². The summed E-state index contributed by atoms with van der Waals surface area (Å²) < 4.78 is 10.6. The van der Waals surface area contributed by atoms with Crippen molar-refractivity contribution < 1.29 is 9.47 Å². The highest BCUT2D eigenvalue weighted by Crippen LogP contribution is 2.33. The highest BCUT2D eigenvalue weighted by molar-refractivity contribution is 5.77. The predicted octanol–water partition coefficient (Wildman–Crippen LogP) is 2.54. The standard InChI is InChI=1S/C17H29N3O2/c1-12(2)10-19-16(18)20-11-17(3,4)13-7-8-14(21-5)15(9-13)22-6/h7-9,12H,10-11H2,1-6H3,(H3,18,19,20). The van der Waals surface area contributed by atoms with E-state index in [9.17, 15) is 0 Å². The van der Waals surface area contributed by atoms with E-state index in [4.69, 9.17) is 15.2 Å². The van der Waals surface area contributed by atoms with Crippen molar-refractivity contribution in [1.82, 2.24) is 5.32 Å². The minimum atomic E-state index is -0.149. The number of nitrogens with two attached hydrogens (primary N) is 1. The number of ether oxygens (including phenoxy) is 2. The molecule has 0 amide bonds. The molecule has 0 saturated heterocycles. The van der Waals surface area contributed by atoms with Crippen molar-refractivity contribution in [3.8, 4) is 11.5 Å². The zero-order valence-corrected chi connectivity index (χ0v) is 14.6. The van der Waals surface area contributed by atoms with Gasteiger partial charge in [-0.1, -0.05) is 33.8 Å². The molecule has 0 aliphatic carbocycles. The topological polar surface area (TPSA) is 68.9 Å². The summed E-state index contributed by atoms with van der Waals surface area (Å²) in [5.74, 6) is 2.47. The molecule has 0 spiro atoms. The van der Waals surface area contributed by atoms with E-state index in [1.54, 1.807) is 14.2 Å². The fraction of sp³-hybridized carbons (Fsp3) is 0.588. The Morgan fingerprint density at radius 1 is 1.23 bits per heavy atom. The Bertz CT molecular complexity index is 511. The monoisotopic (exact) mass is 307 g/mol. The summed E-state index contributed by atoms with van der Waals surface area (Å²) >= 11 is 0. The van der Waals surface area contributed by atoms with Gasteiger partial charge >= 0.3 is 0 Å². The second-order valence-electron chi connectivity index (χ2n) is 6.43. The highest BCUT2D eigenvalue weighted by atomic mass is 16.5. The van der Waals surface area contributed by atoms with Crippen LogP contribution in [0.25, 0.3) is 0 Å². The summed E-state index contributed by atoms with van der Waals surface area (Å²) in [5, 5.41) is 3.13. The molecule has 0 radical (unpaired) electrons. The number of rotatable bonds is 7. The normalized spacial score (nSPS) is 12.4. The van der Waals surface area contributed by atoms with Crippen LogP contribution in [0.15, 0.2) is 23.2 Å². The van der Waals surface area contributed by atoms with Crippen LogP contribution in [0.1, 0.15) is 33.3 Å². The van der Waals surface area contributed by atoms with E-state index < -0.39 is 0 Å². The van der Waals surface area contributed by atoms with Crippen LogP contribution >= 0.6 is 0 Å². The van der Waals surface area contributed by atoms with Crippen molar-refractivity contribution in [2.24, 2.45) is 16.6 Å². The van der Waals surface area contributed by atoms with Crippen LogP contribution in [0.5, 0.6) is 11.5 Å². The molecule has 0 saturated carbocycles. The molecule has 124 valence electrons. The maximum atomic E-state index is 5.90. The van der Waals surface area contributed by atoms with Gasteiger partial charge in [0.2, 0.25) is 0 Å². The van der Waals surface area contributed by atoms with E-state index in [0.29, 0.717) is 18.4 Å². The van der Waals surface area contributed by atoms with E-state index in [1.807, 2.05) is 18.2 Å². The summed E-state index contributed by atoms with van der Waals surface area (Å²) in [7, 11) is 3.27. The molecule has 1 rings (SSSR count). The number of nitrogens with one attached hydrogen (secondary N) is 1. The number of methoxy groups -OCH3 is 2. The Labute approximate surface area is 133 Å². The van der Waals surface area contributed by atoms with Gasteiger partial charge in [0.1, 0.15) is 0 Å². The first-order chi connectivity index (χ1) is 10.3. The summed E-state index contributed by atoms with van der Waals surface area (Å²) in [6.45, 7) is 9.95. The van der Waals surface area contributed by atoms with Crippen LogP contribution in [-0.2, 0) is 5.41 Å². The lowest BCUT2D eigenvalue weighted by molar-refractivity contribution is 0.353. The Balaban J connectivity index is 2.83. The molecule has 1 aromatic rings. The van der Waals surface area contributed by atoms with E-state index in [2.05, 4.69) is 38.0 Å². The van der Waals surface area contributed by atoms with Gasteiger partial charge in [0.25, 0.3) is 0 Å². The first-order valence-electron chi connectivity index (χ1n) is 7.56. The molecular weight excluding hydrogens is 278 g/mol. The Morgan fingerprint density at radius 2 is 1.86 bits per heavy atom. The summed E-state index contributed by atoms with van der Waals surface area (Å²) in [4.78, 5) is 4.45. The Morgan fingerprint density at radius 3 is 2.41 bits per heavy atom. The number of aliphatic imine (C=N–C) groups is 1. The van der Waals surface area contributed by atoms with Crippen LogP contribution in [0.3, 0.4) is 0 Å².